The molecule has 0 unspecified atom stereocenters. The van der Waals surface area contributed by atoms with E-state index in [4.69, 9.17) is 4.74 Å². The third-order valence-corrected chi connectivity index (χ3v) is 6.95. The highest BCUT2D eigenvalue weighted by molar-refractivity contribution is 7.92. The Bertz CT molecular complexity index is 1330. The summed E-state index contributed by atoms with van der Waals surface area (Å²) >= 11 is 0. The zero-order valence-corrected chi connectivity index (χ0v) is 18.5. The van der Waals surface area contributed by atoms with Crippen LogP contribution in [-0.2, 0) is 16.2 Å². The number of rotatable bonds is 5. The van der Waals surface area contributed by atoms with Gasteiger partial charge in [-0.2, -0.15) is 22.0 Å². The summed E-state index contributed by atoms with van der Waals surface area (Å²) in [5, 5.41) is 0. The van der Waals surface area contributed by atoms with Crippen molar-refractivity contribution >= 4 is 15.7 Å². The molecule has 1 aliphatic heterocycles. The van der Waals surface area contributed by atoms with E-state index in [1.54, 1.807) is 19.1 Å². The molecule has 0 amide bonds. The van der Waals surface area contributed by atoms with Gasteiger partial charge in [0.2, 0.25) is 0 Å². The molecule has 0 saturated heterocycles. The van der Waals surface area contributed by atoms with Crippen molar-refractivity contribution in [3.63, 3.8) is 0 Å². The highest BCUT2D eigenvalue weighted by Gasteiger charge is 2.34. The number of anilines is 1. The van der Waals surface area contributed by atoms with Gasteiger partial charge in [0.1, 0.15) is 18.1 Å². The Labute approximate surface area is 192 Å². The molecule has 0 atom stereocenters. The van der Waals surface area contributed by atoms with Crippen molar-refractivity contribution in [2.45, 2.75) is 24.6 Å². The molecule has 3 aromatic carbocycles. The molecule has 0 N–H and O–H groups in total. The van der Waals surface area contributed by atoms with Gasteiger partial charge in [-0.25, -0.2) is 8.42 Å². The number of alkyl halides is 5. The van der Waals surface area contributed by atoms with E-state index < -0.39 is 33.3 Å². The molecule has 0 spiro atoms. The van der Waals surface area contributed by atoms with Gasteiger partial charge in [-0.1, -0.05) is 18.2 Å². The van der Waals surface area contributed by atoms with Crippen LogP contribution in [0.4, 0.5) is 27.6 Å². The first kappa shape index (κ1) is 23.8. The molecule has 11 heteroatoms. The van der Waals surface area contributed by atoms with Crippen LogP contribution < -0.4 is 13.8 Å². The zero-order valence-electron chi connectivity index (χ0n) is 17.6. The van der Waals surface area contributed by atoms with Gasteiger partial charge in [0, 0.05) is 0 Å². The molecule has 0 fully saturated rings. The van der Waals surface area contributed by atoms with Crippen molar-refractivity contribution in [3.8, 4) is 22.6 Å². The number of hydrogen-bond acceptors (Lipinski definition) is 4. The first-order chi connectivity index (χ1) is 15.9. The molecule has 0 bridgehead atoms. The molecular formula is C23H18F5NO4S. The zero-order chi connectivity index (χ0) is 24.7. The lowest BCUT2D eigenvalue weighted by Gasteiger charge is -2.31. The topological polar surface area (TPSA) is 55.8 Å². The highest BCUT2D eigenvalue weighted by Crippen LogP contribution is 2.40. The smallest absolute Gasteiger partial charge is 0.416 e. The first-order valence-corrected chi connectivity index (χ1v) is 11.4. The minimum atomic E-state index is -4.70. The van der Waals surface area contributed by atoms with Crippen LogP contribution in [0.5, 0.6) is 11.5 Å². The normalized spacial score (nSPS) is 14.0. The summed E-state index contributed by atoms with van der Waals surface area (Å²) in [5.74, 6) is 0.162. The lowest BCUT2D eigenvalue weighted by molar-refractivity contribution is -0.137. The Morgan fingerprint density at radius 1 is 1.00 bits per heavy atom. The van der Waals surface area contributed by atoms with Crippen LogP contribution in [0.15, 0.2) is 65.6 Å². The number of halogens is 5. The molecule has 5 nitrogen and oxygen atoms in total. The fourth-order valence-corrected chi connectivity index (χ4v) is 5.17. The van der Waals surface area contributed by atoms with Crippen LogP contribution in [0.3, 0.4) is 0 Å². The Hall–Kier alpha value is -3.34. The van der Waals surface area contributed by atoms with Crippen molar-refractivity contribution in [1.82, 2.24) is 0 Å². The molecule has 1 aliphatic rings. The third-order valence-electron chi connectivity index (χ3n) is 5.14. The molecule has 1 heterocycles. The number of benzene rings is 3. The second kappa shape index (κ2) is 8.79. The maximum atomic E-state index is 13.3. The quantitative estimate of drug-likeness (QED) is 0.412. The van der Waals surface area contributed by atoms with Crippen molar-refractivity contribution in [2.24, 2.45) is 0 Å². The minimum absolute atomic E-state index is 0.00135. The fraction of sp³-hybridized carbons (Fsp3) is 0.217. The second-order valence-corrected chi connectivity index (χ2v) is 9.41. The number of sulfonamides is 1. The first-order valence-electron chi connectivity index (χ1n) is 9.99. The van der Waals surface area contributed by atoms with Crippen molar-refractivity contribution < 1.29 is 39.8 Å². The number of hydrogen-bond donors (Lipinski definition) is 0. The molecule has 0 aliphatic carbocycles. The van der Waals surface area contributed by atoms with E-state index in [-0.39, 0.29) is 30.3 Å². The maximum Gasteiger partial charge on any atom is 0.416 e. The molecule has 4 rings (SSSR count). The minimum Gasteiger partial charge on any atom is -0.489 e. The maximum absolute atomic E-state index is 13.3. The van der Waals surface area contributed by atoms with E-state index in [9.17, 15) is 30.4 Å². The van der Waals surface area contributed by atoms with E-state index in [1.807, 2.05) is 0 Å². The molecule has 0 radical (unpaired) electrons. The summed E-state index contributed by atoms with van der Waals surface area (Å²) in [6.45, 7) is -1.45. The lowest BCUT2D eigenvalue weighted by atomic mass is 10.0. The summed E-state index contributed by atoms with van der Waals surface area (Å²) in [4.78, 5) is -0.510. The van der Waals surface area contributed by atoms with E-state index >= 15 is 0 Å². The summed E-state index contributed by atoms with van der Waals surface area (Å²) in [5.41, 5.74) is 0.647. The van der Waals surface area contributed by atoms with Gasteiger partial charge in [0.05, 0.1) is 22.7 Å². The Balaban J connectivity index is 1.77. The van der Waals surface area contributed by atoms with Crippen molar-refractivity contribution in [1.29, 1.82) is 0 Å². The van der Waals surface area contributed by atoms with Crippen LogP contribution in [0.1, 0.15) is 11.1 Å². The summed E-state index contributed by atoms with van der Waals surface area (Å²) in [7, 11) is -4.36. The van der Waals surface area contributed by atoms with Crippen molar-refractivity contribution in [3.05, 3.63) is 71.8 Å². The molecule has 34 heavy (non-hydrogen) atoms. The molecular weight excluding hydrogens is 481 g/mol. The van der Waals surface area contributed by atoms with E-state index in [0.29, 0.717) is 22.8 Å². The standard InChI is InChI=1S/C23H18F5NO4S/c1-14-9-16(11-18(10-14)33-22(24)25)15-5-6-21-20(12-15)29(7-8-32-21)34(30,31)19-4-2-3-17(13-19)23(26,27)28/h2-6,9-13,22H,7-8H2,1H3. The van der Waals surface area contributed by atoms with Gasteiger partial charge in [0.25, 0.3) is 10.0 Å². The van der Waals surface area contributed by atoms with Crippen molar-refractivity contribution in [2.75, 3.05) is 17.5 Å². The van der Waals surface area contributed by atoms with E-state index in [0.717, 1.165) is 22.5 Å². The Morgan fingerprint density at radius 2 is 1.76 bits per heavy atom. The number of aryl methyl sites for hydroxylation is 1. The van der Waals surface area contributed by atoms with Crippen LogP contribution in [0, 0.1) is 6.92 Å². The highest BCUT2D eigenvalue weighted by atomic mass is 32.2. The van der Waals surface area contributed by atoms with Gasteiger partial charge in [-0.15, -0.1) is 0 Å². The Morgan fingerprint density at radius 3 is 2.47 bits per heavy atom. The predicted octanol–water partition coefficient (Wildman–Crippen LogP) is 5.87. The largest absolute Gasteiger partial charge is 0.489 e. The molecule has 0 saturated carbocycles. The van der Waals surface area contributed by atoms with Gasteiger partial charge >= 0.3 is 12.8 Å². The summed E-state index contributed by atoms with van der Waals surface area (Å²) < 4.78 is 102. The molecule has 0 aromatic heterocycles. The van der Waals surface area contributed by atoms with Crippen LogP contribution >= 0.6 is 0 Å². The van der Waals surface area contributed by atoms with Gasteiger partial charge in [-0.05, 0) is 66.1 Å². The van der Waals surface area contributed by atoms with Crippen LogP contribution in [0.25, 0.3) is 11.1 Å². The lowest BCUT2D eigenvalue weighted by Crippen LogP contribution is -2.38. The van der Waals surface area contributed by atoms with E-state index in [1.165, 1.54) is 24.3 Å². The van der Waals surface area contributed by atoms with E-state index in [2.05, 4.69) is 4.74 Å². The number of fused-ring (bicyclic) bond motifs is 1. The van der Waals surface area contributed by atoms with Crippen LogP contribution in [0.2, 0.25) is 0 Å². The number of nitrogens with zero attached hydrogens (tertiary/aromatic N) is 1. The van der Waals surface area contributed by atoms with Gasteiger partial charge in [-0.3, -0.25) is 4.31 Å². The fourth-order valence-electron chi connectivity index (χ4n) is 3.67. The van der Waals surface area contributed by atoms with Crippen LogP contribution in [-0.4, -0.2) is 28.2 Å². The average Bonchev–Trinajstić information content (AvgIpc) is 2.77. The van der Waals surface area contributed by atoms with Gasteiger partial charge in [0.15, 0.2) is 0 Å². The SMILES string of the molecule is Cc1cc(OC(F)F)cc(-c2ccc3c(c2)N(S(=O)(=O)c2cccc(C(F)(F)F)c2)CCO3)c1. The third kappa shape index (κ3) is 4.79. The monoisotopic (exact) mass is 499 g/mol. The molecule has 3 aromatic rings. The van der Waals surface area contributed by atoms with Gasteiger partial charge < -0.3 is 9.47 Å². The number of ether oxygens (including phenoxy) is 2. The second-order valence-electron chi connectivity index (χ2n) is 7.55. The Kier molecular flexibility index (Phi) is 6.15. The summed E-state index contributed by atoms with van der Waals surface area (Å²) in [6, 6.07) is 12.7. The summed E-state index contributed by atoms with van der Waals surface area (Å²) in [6.07, 6.45) is -4.70. The average molecular weight is 499 g/mol. The predicted molar refractivity (Wildman–Crippen MR) is 115 cm³/mol. The molecule has 180 valence electrons.